The molecule has 73 heavy (non-hydrogen) atoms. The molecule has 4 aromatic rings. The molecule has 0 bridgehead atoms. The van der Waals surface area contributed by atoms with Gasteiger partial charge in [-0.15, -0.1) is 0 Å². The third kappa shape index (κ3) is 12.6. The Morgan fingerprint density at radius 1 is 0.795 bits per heavy atom. The van der Waals surface area contributed by atoms with Crippen molar-refractivity contribution >= 4 is 57.9 Å². The Morgan fingerprint density at radius 2 is 1.52 bits per heavy atom. The smallest absolute Gasteiger partial charge is 0.262 e. The van der Waals surface area contributed by atoms with Gasteiger partial charge in [0, 0.05) is 86.9 Å². The number of allylic oxidation sites excluding steroid dienone is 2. The minimum atomic E-state index is -1.02. The highest BCUT2D eigenvalue weighted by Gasteiger charge is 2.44. The first-order valence-electron chi connectivity index (χ1n) is 24.8. The van der Waals surface area contributed by atoms with Crippen LogP contribution in [0.5, 0.6) is 0 Å². The van der Waals surface area contributed by atoms with Crippen LogP contribution in [0.3, 0.4) is 0 Å². The third-order valence-corrected chi connectivity index (χ3v) is 13.6. The van der Waals surface area contributed by atoms with Crippen LogP contribution in [-0.2, 0) is 44.5 Å². The van der Waals surface area contributed by atoms with Gasteiger partial charge >= 0.3 is 0 Å². The van der Waals surface area contributed by atoms with Crippen molar-refractivity contribution in [1.29, 1.82) is 0 Å². The minimum Gasteiger partial charge on any atom is -0.385 e. The van der Waals surface area contributed by atoms with Crippen molar-refractivity contribution < 1.29 is 56.5 Å². The summed E-state index contributed by atoms with van der Waals surface area (Å²) in [5, 5.41) is 20.1. The SMILES string of the molecule is O=C1CCC(N2C(=O)c3ccc(NCCOCCOCCOCCC(=O)N4CCN(C5=CCC(C(=O)Nc6n[nH]c7ccc(Cc8cc(F)cc(F)c8)cc67)C(NC6CCOCC6)=C5)CC4)cc3C2=O)C(=O)N1. The number of nitrogens with one attached hydrogen (secondary N) is 5. The fraction of sp³-hybridized carbons (Fsp3) is 0.442. The van der Waals surface area contributed by atoms with E-state index in [4.69, 9.17) is 18.9 Å². The van der Waals surface area contributed by atoms with E-state index < -0.39 is 47.2 Å². The molecule has 5 aliphatic rings. The number of imide groups is 2. The number of anilines is 2. The maximum Gasteiger partial charge on any atom is 0.262 e. The number of halogens is 2. The molecule has 0 radical (unpaired) electrons. The first-order valence-corrected chi connectivity index (χ1v) is 24.8. The van der Waals surface area contributed by atoms with Crippen LogP contribution >= 0.6 is 0 Å². The maximum atomic E-state index is 14.1. The Hall–Kier alpha value is -7.07. The normalized spacial score (nSPS) is 19.5. The molecule has 0 saturated carbocycles. The Balaban J connectivity index is 0.660. The van der Waals surface area contributed by atoms with Crippen LogP contribution in [-0.4, -0.2) is 158 Å². The van der Waals surface area contributed by atoms with E-state index in [9.17, 15) is 37.5 Å². The van der Waals surface area contributed by atoms with Crippen molar-refractivity contribution in [2.45, 2.75) is 57.0 Å². The van der Waals surface area contributed by atoms with Crippen LogP contribution in [0, 0.1) is 17.6 Å². The van der Waals surface area contributed by atoms with Crippen LogP contribution < -0.4 is 21.3 Å². The van der Waals surface area contributed by atoms with Gasteiger partial charge in [-0.25, -0.2) is 8.78 Å². The van der Waals surface area contributed by atoms with Crippen LogP contribution in [0.25, 0.3) is 10.9 Å². The molecule has 0 spiro atoms. The molecule has 3 aromatic carbocycles. The summed E-state index contributed by atoms with van der Waals surface area (Å²) in [5.41, 5.74) is 4.85. The third-order valence-electron chi connectivity index (χ3n) is 13.6. The summed E-state index contributed by atoms with van der Waals surface area (Å²) in [6, 6.07) is 12.9. The first-order chi connectivity index (χ1) is 35.5. The van der Waals surface area contributed by atoms with E-state index in [1.54, 1.807) is 18.2 Å². The zero-order valence-electron chi connectivity index (χ0n) is 40.4. The van der Waals surface area contributed by atoms with Gasteiger partial charge in [-0.05, 0) is 91.8 Å². The highest BCUT2D eigenvalue weighted by molar-refractivity contribution is 6.23. The second kappa shape index (κ2) is 23.6. The molecule has 19 nitrogen and oxygen atoms in total. The van der Waals surface area contributed by atoms with E-state index in [2.05, 4.69) is 48.5 Å². The van der Waals surface area contributed by atoms with Gasteiger partial charge < -0.3 is 44.7 Å². The Kier molecular flexibility index (Phi) is 16.5. The number of amides is 6. The van der Waals surface area contributed by atoms with E-state index in [0.29, 0.717) is 120 Å². The van der Waals surface area contributed by atoms with Crippen LogP contribution in [0.4, 0.5) is 20.3 Å². The number of piperidine rings is 1. The first kappa shape index (κ1) is 50.9. The number of hydrogen-bond acceptors (Lipinski definition) is 14. The molecule has 6 amide bonds. The number of fused-ring (bicyclic) bond motifs is 2. The Morgan fingerprint density at radius 3 is 2.27 bits per heavy atom. The van der Waals surface area contributed by atoms with Gasteiger partial charge in [0.15, 0.2) is 5.82 Å². The molecule has 1 aromatic heterocycles. The van der Waals surface area contributed by atoms with Gasteiger partial charge in [0.1, 0.15) is 17.7 Å². The second-order valence-electron chi connectivity index (χ2n) is 18.5. The van der Waals surface area contributed by atoms with E-state index in [0.717, 1.165) is 40.8 Å². The zero-order chi connectivity index (χ0) is 50.8. The summed E-state index contributed by atoms with van der Waals surface area (Å²) in [4.78, 5) is 82.1. The van der Waals surface area contributed by atoms with E-state index in [1.807, 2.05) is 23.1 Å². The number of aromatic nitrogens is 2. The summed E-state index contributed by atoms with van der Waals surface area (Å²) >= 11 is 0. The number of carbonyl (C=O) groups excluding carboxylic acids is 6. The number of aromatic amines is 1. The number of benzene rings is 3. The summed E-state index contributed by atoms with van der Waals surface area (Å²) in [6.07, 6.45) is 6.91. The number of rotatable bonds is 21. The van der Waals surface area contributed by atoms with Crippen LogP contribution in [0.2, 0.25) is 0 Å². The molecule has 386 valence electrons. The summed E-state index contributed by atoms with van der Waals surface area (Å²) in [5.74, 6) is -3.82. The summed E-state index contributed by atoms with van der Waals surface area (Å²) < 4.78 is 50.3. The van der Waals surface area contributed by atoms with Gasteiger partial charge in [0.05, 0.1) is 68.6 Å². The second-order valence-corrected chi connectivity index (χ2v) is 18.5. The predicted molar refractivity (Wildman–Crippen MR) is 262 cm³/mol. The lowest BCUT2D eigenvalue weighted by Gasteiger charge is -2.38. The molecule has 2 atom stereocenters. The lowest BCUT2D eigenvalue weighted by molar-refractivity contribution is -0.136. The molecule has 1 aliphatic carbocycles. The fourth-order valence-electron chi connectivity index (χ4n) is 9.71. The molecule has 2 unspecified atom stereocenters. The molecule has 3 fully saturated rings. The lowest BCUT2D eigenvalue weighted by atomic mass is 9.92. The van der Waals surface area contributed by atoms with Crippen molar-refractivity contribution in [1.82, 2.24) is 35.5 Å². The monoisotopic (exact) mass is 1010 g/mol. The number of carbonyl (C=O) groups is 6. The maximum absolute atomic E-state index is 14.1. The van der Waals surface area contributed by atoms with E-state index in [-0.39, 0.29) is 54.9 Å². The molecule has 9 rings (SSSR count). The van der Waals surface area contributed by atoms with Crippen molar-refractivity contribution in [3.05, 3.63) is 112 Å². The van der Waals surface area contributed by atoms with Crippen molar-refractivity contribution in [2.24, 2.45) is 5.92 Å². The molecule has 5 N–H and O–H groups in total. The van der Waals surface area contributed by atoms with Crippen LogP contribution in [0.15, 0.2) is 78.1 Å². The predicted octanol–water partition coefficient (Wildman–Crippen LogP) is 4.02. The van der Waals surface area contributed by atoms with Gasteiger partial charge in [-0.2, -0.15) is 5.10 Å². The topological polar surface area (TPSA) is 226 Å². The summed E-state index contributed by atoms with van der Waals surface area (Å²) in [6.45, 7) is 6.06. The van der Waals surface area contributed by atoms with Gasteiger partial charge in [-0.1, -0.05) is 12.1 Å². The minimum absolute atomic E-state index is 0.0180. The number of ether oxygens (including phenoxy) is 4. The van der Waals surface area contributed by atoms with Crippen molar-refractivity contribution in [2.75, 3.05) is 96.2 Å². The van der Waals surface area contributed by atoms with Gasteiger partial charge in [0.2, 0.25) is 23.6 Å². The average molecular weight is 1010 g/mol. The van der Waals surface area contributed by atoms with Crippen LogP contribution in [0.1, 0.15) is 70.4 Å². The standard InChI is InChI=1S/C52H59F2N9O10/c53-34-26-33(27-35(54)29-34)25-32-1-6-43-42(28-32)48(60-59-43)58-49(66)40-5-3-38(31-44(40)56-36-9-17-70-18-10-36)61-13-15-62(16-14-61)47(65)11-19-71-21-23-73-24-22-72-20-12-55-37-2-4-39-41(30-37)52(69)63(51(39)68)45-7-8-46(64)57-50(45)67/h1-4,6,26-31,36,40,45,55-56H,5,7-25H2,(H,57,64,67)(H2,58,59,60,66). The van der Waals surface area contributed by atoms with Gasteiger partial charge in [-0.3, -0.25) is 44.1 Å². The van der Waals surface area contributed by atoms with Gasteiger partial charge in [0.25, 0.3) is 11.8 Å². The summed E-state index contributed by atoms with van der Waals surface area (Å²) in [7, 11) is 0. The number of piperazine rings is 1. The Bertz CT molecular complexity index is 2770. The number of H-pyrrole nitrogens is 1. The number of nitrogens with zero attached hydrogens (tertiary/aromatic N) is 4. The largest absolute Gasteiger partial charge is 0.385 e. The van der Waals surface area contributed by atoms with E-state index >= 15 is 0 Å². The zero-order valence-corrected chi connectivity index (χ0v) is 40.4. The molecule has 4 aliphatic heterocycles. The van der Waals surface area contributed by atoms with Crippen molar-refractivity contribution in [3.8, 4) is 0 Å². The molecular formula is C52H59F2N9O10. The lowest BCUT2D eigenvalue weighted by Crippen LogP contribution is -2.54. The fourth-order valence-corrected chi connectivity index (χ4v) is 9.71. The molecule has 5 heterocycles. The highest BCUT2D eigenvalue weighted by atomic mass is 19.1. The molecule has 21 heteroatoms. The van der Waals surface area contributed by atoms with Crippen molar-refractivity contribution in [3.63, 3.8) is 0 Å². The highest BCUT2D eigenvalue weighted by Crippen LogP contribution is 2.32. The molecular weight excluding hydrogens is 949 g/mol. The average Bonchev–Trinajstić information content (AvgIpc) is 3.89. The Labute approximate surface area is 419 Å². The molecule has 3 saturated heterocycles. The quantitative estimate of drug-likeness (QED) is 0.0588. The number of hydrogen-bond donors (Lipinski definition) is 5. The van der Waals surface area contributed by atoms with E-state index in [1.165, 1.54) is 12.1 Å².